The average Bonchev–Trinajstić information content (AvgIpc) is 2.87. The summed E-state index contributed by atoms with van der Waals surface area (Å²) in [7, 11) is 1.60. The predicted octanol–water partition coefficient (Wildman–Crippen LogP) is 6.38. The monoisotopic (exact) mass is 522 g/mol. The molecular weight excluding hydrogens is 493 g/mol. The summed E-state index contributed by atoms with van der Waals surface area (Å²) in [5.74, 6) is 1.68. The molecule has 5 nitrogen and oxygen atoms in total. The van der Waals surface area contributed by atoms with E-state index in [0.29, 0.717) is 34.4 Å². The molecule has 5 atom stereocenters. The number of aliphatic hydroxyl groups is 1. The van der Waals surface area contributed by atoms with Crippen LogP contribution in [0.4, 0.5) is 13.2 Å². The number of alkyl halides is 3. The van der Waals surface area contributed by atoms with Crippen LogP contribution in [0.3, 0.4) is 0 Å². The van der Waals surface area contributed by atoms with Gasteiger partial charge in [-0.15, -0.1) is 25.6 Å². The van der Waals surface area contributed by atoms with E-state index in [1.165, 1.54) is 18.6 Å². The van der Waals surface area contributed by atoms with Gasteiger partial charge < -0.3 is 14.6 Å². The number of aliphatic hydroxyl groups excluding tert-OH is 1. The van der Waals surface area contributed by atoms with Crippen LogP contribution in [0.15, 0.2) is 48.5 Å². The Balaban J connectivity index is 0.00000304. The number of hydrogen-bond donors (Lipinski definition) is 1. The molecule has 36 heavy (non-hydrogen) atoms. The normalized spacial score (nSPS) is 24.3. The van der Waals surface area contributed by atoms with Crippen molar-refractivity contribution in [3.05, 3.63) is 54.1 Å². The zero-order valence-corrected chi connectivity index (χ0v) is 21.0. The predicted molar refractivity (Wildman–Crippen MR) is 134 cm³/mol. The Kier molecular flexibility index (Phi) is 7.69. The van der Waals surface area contributed by atoms with Crippen LogP contribution in [0.5, 0.6) is 11.5 Å². The molecule has 3 saturated heterocycles. The molecule has 0 radical (unpaired) electrons. The molecule has 9 heteroatoms. The number of rotatable bonds is 6. The number of halogens is 4. The smallest absolute Gasteiger partial charge is 0.497 e. The molecule has 0 amide bonds. The molecule has 3 fully saturated rings. The second-order valence-corrected chi connectivity index (χ2v) is 9.51. The summed E-state index contributed by atoms with van der Waals surface area (Å²) in [6.07, 6.45) is -2.20. The quantitative estimate of drug-likeness (QED) is 0.407. The molecule has 2 aromatic carbocycles. The Morgan fingerprint density at radius 3 is 2.44 bits per heavy atom. The van der Waals surface area contributed by atoms with E-state index in [-0.39, 0.29) is 24.2 Å². The van der Waals surface area contributed by atoms with E-state index in [1.807, 2.05) is 24.3 Å². The minimum atomic E-state index is -4.75. The largest absolute Gasteiger partial charge is 0.573 e. The van der Waals surface area contributed by atoms with Crippen LogP contribution in [-0.4, -0.2) is 47.6 Å². The molecule has 4 heterocycles. The summed E-state index contributed by atoms with van der Waals surface area (Å²) >= 11 is 0. The third-order valence-corrected chi connectivity index (χ3v) is 7.58. The Morgan fingerprint density at radius 1 is 1.11 bits per heavy atom. The number of hydrogen-bond acceptors (Lipinski definition) is 5. The summed E-state index contributed by atoms with van der Waals surface area (Å²) in [6.45, 7) is 4.23. The Morgan fingerprint density at radius 2 is 1.83 bits per heavy atom. The van der Waals surface area contributed by atoms with Gasteiger partial charge in [0.25, 0.3) is 0 Å². The molecule has 0 saturated carbocycles. The molecule has 1 unspecified atom stereocenters. The number of nitrogens with zero attached hydrogens (tertiary/aromatic N) is 2. The highest BCUT2D eigenvalue weighted by Crippen LogP contribution is 2.43. The Labute approximate surface area is 214 Å². The Bertz CT molecular complexity index is 1210. The van der Waals surface area contributed by atoms with E-state index in [0.717, 1.165) is 36.9 Å². The van der Waals surface area contributed by atoms with Gasteiger partial charge in [-0.25, -0.2) is 4.98 Å². The van der Waals surface area contributed by atoms with E-state index in [2.05, 4.69) is 16.6 Å². The van der Waals surface area contributed by atoms with Crippen LogP contribution in [0.2, 0.25) is 0 Å². The molecule has 0 spiro atoms. The number of fused-ring (bicyclic) bond motifs is 4. The first-order valence-electron chi connectivity index (χ1n) is 12.0. The standard InChI is InChI=1S/C27H29F3N2O3.ClH/c1-3-16-15-32-11-10-18(16)12-25(32)26(33)22-14-24(31-23-9-8-20(34-2)13-21(22)23)17-4-6-19(7-5-17)35-27(28,29)30;/h4-9,13-14,16,18,25-26,33H,3,10-12,15H2,1-2H3;1H/t16-,18-,25-,26+;/m0./s1. The third-order valence-electron chi connectivity index (χ3n) is 7.58. The summed E-state index contributed by atoms with van der Waals surface area (Å²) in [4.78, 5) is 7.15. The molecule has 2 bridgehead atoms. The highest BCUT2D eigenvalue weighted by Gasteiger charge is 2.42. The number of ether oxygens (including phenoxy) is 2. The van der Waals surface area contributed by atoms with Gasteiger partial charge in [-0.3, -0.25) is 4.90 Å². The first kappa shape index (κ1) is 26.5. The fourth-order valence-corrected chi connectivity index (χ4v) is 5.76. The van der Waals surface area contributed by atoms with Crippen LogP contribution >= 0.6 is 12.4 Å². The van der Waals surface area contributed by atoms with Crippen molar-refractivity contribution in [3.63, 3.8) is 0 Å². The van der Waals surface area contributed by atoms with Gasteiger partial charge in [0.15, 0.2) is 0 Å². The summed E-state index contributed by atoms with van der Waals surface area (Å²) in [5, 5.41) is 12.5. The maximum Gasteiger partial charge on any atom is 0.573 e. The minimum absolute atomic E-state index is 0. The van der Waals surface area contributed by atoms with Crippen LogP contribution in [0.25, 0.3) is 22.2 Å². The molecular formula is C27H30ClF3N2O3. The lowest BCUT2D eigenvalue weighted by Gasteiger charge is -2.51. The van der Waals surface area contributed by atoms with Crippen molar-refractivity contribution in [2.75, 3.05) is 20.2 Å². The lowest BCUT2D eigenvalue weighted by atomic mass is 9.72. The first-order chi connectivity index (χ1) is 16.8. The lowest BCUT2D eigenvalue weighted by Crippen LogP contribution is -2.55. The topological polar surface area (TPSA) is 54.8 Å². The van der Waals surface area contributed by atoms with Crippen molar-refractivity contribution in [2.24, 2.45) is 11.8 Å². The van der Waals surface area contributed by atoms with Crippen molar-refractivity contribution < 1.29 is 27.8 Å². The van der Waals surface area contributed by atoms with Crippen LogP contribution in [-0.2, 0) is 0 Å². The fraction of sp³-hybridized carbons (Fsp3) is 0.444. The van der Waals surface area contributed by atoms with Crippen LogP contribution in [0, 0.1) is 11.8 Å². The molecule has 3 aromatic rings. The molecule has 0 aliphatic carbocycles. The first-order valence-corrected chi connectivity index (χ1v) is 12.0. The van der Waals surface area contributed by atoms with Crippen molar-refractivity contribution in [3.8, 4) is 22.8 Å². The molecule has 3 aliphatic rings. The molecule has 194 valence electrons. The van der Waals surface area contributed by atoms with Crippen LogP contribution in [0.1, 0.15) is 37.9 Å². The van der Waals surface area contributed by atoms with Crippen molar-refractivity contribution in [1.82, 2.24) is 9.88 Å². The minimum Gasteiger partial charge on any atom is -0.497 e. The van der Waals surface area contributed by atoms with E-state index in [9.17, 15) is 18.3 Å². The number of methoxy groups -OCH3 is 1. The second kappa shape index (κ2) is 10.4. The van der Waals surface area contributed by atoms with Gasteiger partial charge in [-0.2, -0.15) is 0 Å². The summed E-state index contributed by atoms with van der Waals surface area (Å²) in [5.41, 5.74) is 2.67. The Hall–Kier alpha value is -2.55. The molecule has 1 aromatic heterocycles. The lowest BCUT2D eigenvalue weighted by molar-refractivity contribution is -0.274. The van der Waals surface area contributed by atoms with E-state index in [4.69, 9.17) is 9.72 Å². The zero-order chi connectivity index (χ0) is 24.7. The highest BCUT2D eigenvalue weighted by atomic mass is 35.5. The van der Waals surface area contributed by atoms with E-state index < -0.39 is 12.5 Å². The van der Waals surface area contributed by atoms with Gasteiger partial charge >= 0.3 is 6.36 Å². The zero-order valence-electron chi connectivity index (χ0n) is 20.2. The number of aromatic nitrogens is 1. The molecule has 3 aliphatic heterocycles. The maximum atomic E-state index is 12.6. The highest BCUT2D eigenvalue weighted by molar-refractivity contribution is 5.87. The van der Waals surface area contributed by atoms with E-state index >= 15 is 0 Å². The van der Waals surface area contributed by atoms with Crippen molar-refractivity contribution >= 4 is 23.3 Å². The van der Waals surface area contributed by atoms with Gasteiger partial charge in [0, 0.05) is 23.5 Å². The number of benzene rings is 2. The summed E-state index contributed by atoms with van der Waals surface area (Å²) < 4.78 is 47.1. The third kappa shape index (κ3) is 5.26. The van der Waals surface area contributed by atoms with Crippen LogP contribution < -0.4 is 9.47 Å². The van der Waals surface area contributed by atoms with Gasteiger partial charge in [-0.05, 0) is 85.3 Å². The second-order valence-electron chi connectivity index (χ2n) is 9.51. The van der Waals surface area contributed by atoms with Gasteiger partial charge in [0.05, 0.1) is 24.4 Å². The van der Waals surface area contributed by atoms with Crippen molar-refractivity contribution in [2.45, 2.75) is 44.7 Å². The van der Waals surface area contributed by atoms with E-state index in [1.54, 1.807) is 19.2 Å². The molecule has 6 rings (SSSR count). The summed E-state index contributed by atoms with van der Waals surface area (Å²) in [6, 6.07) is 13.1. The van der Waals surface area contributed by atoms with Gasteiger partial charge in [-0.1, -0.05) is 13.3 Å². The maximum absolute atomic E-state index is 12.6. The SMILES string of the molecule is CC[C@H]1CN2CC[C@H]1C[C@H]2[C@H](O)c1cc(-c2ccc(OC(F)(F)F)cc2)nc2ccc(OC)cc12.Cl. The number of pyridine rings is 1. The van der Waals surface area contributed by atoms with Crippen molar-refractivity contribution in [1.29, 1.82) is 0 Å². The van der Waals surface area contributed by atoms with Gasteiger partial charge in [0.1, 0.15) is 11.5 Å². The van der Waals surface area contributed by atoms with Gasteiger partial charge in [0.2, 0.25) is 0 Å². The fourth-order valence-electron chi connectivity index (χ4n) is 5.76. The average molecular weight is 523 g/mol. The molecule has 1 N–H and O–H groups in total. The number of piperidine rings is 3.